The highest BCUT2D eigenvalue weighted by Crippen LogP contribution is 2.22. The van der Waals surface area contributed by atoms with Crippen LogP contribution < -0.4 is 10.6 Å². The third-order valence-electron chi connectivity index (χ3n) is 3.89. The van der Waals surface area contributed by atoms with Gasteiger partial charge in [-0.15, -0.1) is 0 Å². The zero-order valence-electron chi connectivity index (χ0n) is 14.2. The molecule has 1 saturated heterocycles. The summed E-state index contributed by atoms with van der Waals surface area (Å²) in [7, 11) is 0. The van der Waals surface area contributed by atoms with Gasteiger partial charge >= 0.3 is 0 Å². The summed E-state index contributed by atoms with van der Waals surface area (Å²) >= 11 is 6.17. The Balaban J connectivity index is 1.86. The highest BCUT2D eigenvalue weighted by molar-refractivity contribution is 6.34. The molecular formula is C18H25ClN2O3. The van der Waals surface area contributed by atoms with Crippen molar-refractivity contribution < 1.29 is 14.3 Å². The van der Waals surface area contributed by atoms with Crippen molar-refractivity contribution in [2.24, 2.45) is 5.92 Å². The Morgan fingerprint density at radius 1 is 1.38 bits per heavy atom. The van der Waals surface area contributed by atoms with Crippen LogP contribution in [0.2, 0.25) is 5.02 Å². The zero-order valence-corrected chi connectivity index (χ0v) is 15.0. The van der Waals surface area contributed by atoms with Gasteiger partial charge in [0.25, 0.3) is 5.91 Å². The van der Waals surface area contributed by atoms with E-state index in [-0.39, 0.29) is 17.9 Å². The van der Waals surface area contributed by atoms with Crippen molar-refractivity contribution in [2.75, 3.05) is 18.5 Å². The van der Waals surface area contributed by atoms with E-state index >= 15 is 0 Å². The predicted molar refractivity (Wildman–Crippen MR) is 95.5 cm³/mol. The number of rotatable bonds is 7. The normalized spacial score (nSPS) is 17.1. The van der Waals surface area contributed by atoms with Crippen molar-refractivity contribution >= 4 is 29.1 Å². The second kappa shape index (κ2) is 9.04. The molecule has 1 aliphatic rings. The van der Waals surface area contributed by atoms with Crippen LogP contribution in [0.3, 0.4) is 0 Å². The number of carbonyl (C=O) groups excluding carboxylic acids is 2. The first-order valence-corrected chi connectivity index (χ1v) is 8.82. The Morgan fingerprint density at radius 2 is 2.17 bits per heavy atom. The van der Waals surface area contributed by atoms with E-state index in [0.29, 0.717) is 35.2 Å². The van der Waals surface area contributed by atoms with Crippen molar-refractivity contribution in [3.05, 3.63) is 28.8 Å². The molecule has 0 spiro atoms. The molecule has 0 saturated carbocycles. The maximum atomic E-state index is 12.1. The topological polar surface area (TPSA) is 67.4 Å². The van der Waals surface area contributed by atoms with E-state index in [1.807, 2.05) is 13.8 Å². The fourth-order valence-corrected chi connectivity index (χ4v) is 2.82. The van der Waals surface area contributed by atoms with Crippen molar-refractivity contribution in [1.82, 2.24) is 5.32 Å². The van der Waals surface area contributed by atoms with Crippen LogP contribution >= 0.6 is 11.6 Å². The summed E-state index contributed by atoms with van der Waals surface area (Å²) in [6.45, 7) is 5.44. The Hall–Kier alpha value is -1.59. The first-order valence-electron chi connectivity index (χ1n) is 8.45. The number of nitrogens with one attached hydrogen (secondary N) is 2. The van der Waals surface area contributed by atoms with Crippen LogP contribution in [-0.4, -0.2) is 31.1 Å². The molecule has 6 heteroatoms. The van der Waals surface area contributed by atoms with Crippen LogP contribution in [0.1, 0.15) is 49.9 Å². The van der Waals surface area contributed by atoms with Crippen molar-refractivity contribution in [3.63, 3.8) is 0 Å². The minimum Gasteiger partial charge on any atom is -0.378 e. The third kappa shape index (κ3) is 5.80. The highest BCUT2D eigenvalue weighted by Gasteiger charge is 2.17. The minimum absolute atomic E-state index is 0.0708. The van der Waals surface area contributed by atoms with Crippen LogP contribution in [0.4, 0.5) is 5.69 Å². The van der Waals surface area contributed by atoms with Gasteiger partial charge in [-0.05, 0) is 43.4 Å². The lowest BCUT2D eigenvalue weighted by molar-refractivity contribution is -0.116. The Labute approximate surface area is 148 Å². The monoisotopic (exact) mass is 352 g/mol. The SMILES string of the molecule is CC(C)CNC(=O)c1ccc(NC(=O)CCC2CCCO2)cc1Cl. The molecule has 1 unspecified atom stereocenters. The number of carbonyl (C=O) groups is 2. The quantitative estimate of drug-likeness (QED) is 0.787. The average Bonchev–Trinajstić information content (AvgIpc) is 3.04. The Morgan fingerprint density at radius 3 is 2.79 bits per heavy atom. The Bertz CT molecular complexity index is 584. The number of hydrogen-bond donors (Lipinski definition) is 2. The summed E-state index contributed by atoms with van der Waals surface area (Å²) in [6.07, 6.45) is 3.45. The Kier molecular flexibility index (Phi) is 7.06. The summed E-state index contributed by atoms with van der Waals surface area (Å²) < 4.78 is 5.51. The number of halogens is 1. The maximum Gasteiger partial charge on any atom is 0.252 e. The molecule has 1 aromatic rings. The summed E-state index contributed by atoms with van der Waals surface area (Å²) in [4.78, 5) is 24.0. The van der Waals surface area contributed by atoms with Gasteiger partial charge in [-0.25, -0.2) is 0 Å². The number of benzene rings is 1. The molecule has 5 nitrogen and oxygen atoms in total. The van der Waals surface area contributed by atoms with E-state index in [9.17, 15) is 9.59 Å². The molecule has 1 heterocycles. The second-order valence-corrected chi connectivity index (χ2v) is 6.93. The molecule has 2 rings (SSSR count). The van der Waals surface area contributed by atoms with Crippen molar-refractivity contribution in [2.45, 2.75) is 45.6 Å². The molecule has 1 aliphatic heterocycles. The minimum atomic E-state index is -0.204. The maximum absolute atomic E-state index is 12.1. The van der Waals surface area contributed by atoms with Gasteiger partial charge in [0.15, 0.2) is 0 Å². The van der Waals surface area contributed by atoms with E-state index in [4.69, 9.17) is 16.3 Å². The largest absolute Gasteiger partial charge is 0.378 e. The predicted octanol–water partition coefficient (Wildman–Crippen LogP) is 3.62. The van der Waals surface area contributed by atoms with Crippen LogP contribution in [0.5, 0.6) is 0 Å². The molecule has 1 atom stereocenters. The van der Waals surface area contributed by atoms with Crippen LogP contribution in [0.25, 0.3) is 0 Å². The molecule has 1 fully saturated rings. The van der Waals surface area contributed by atoms with Crippen LogP contribution in [0.15, 0.2) is 18.2 Å². The molecule has 1 aromatic carbocycles. The summed E-state index contributed by atoms with van der Waals surface area (Å²) in [5.41, 5.74) is 1.01. The lowest BCUT2D eigenvalue weighted by Crippen LogP contribution is -2.27. The van der Waals surface area contributed by atoms with Crippen LogP contribution in [-0.2, 0) is 9.53 Å². The van der Waals surface area contributed by atoms with E-state index in [2.05, 4.69) is 10.6 Å². The molecule has 132 valence electrons. The van der Waals surface area contributed by atoms with E-state index < -0.39 is 0 Å². The number of hydrogen-bond acceptors (Lipinski definition) is 3. The smallest absolute Gasteiger partial charge is 0.252 e. The van der Waals surface area contributed by atoms with E-state index in [0.717, 1.165) is 25.9 Å². The first-order chi connectivity index (χ1) is 11.5. The van der Waals surface area contributed by atoms with Gasteiger partial charge in [0, 0.05) is 25.3 Å². The first kappa shape index (κ1) is 18.7. The second-order valence-electron chi connectivity index (χ2n) is 6.52. The van der Waals surface area contributed by atoms with Gasteiger partial charge < -0.3 is 15.4 Å². The molecule has 0 bridgehead atoms. The molecule has 2 amide bonds. The molecule has 2 N–H and O–H groups in total. The summed E-state index contributed by atoms with van der Waals surface area (Å²) in [5.74, 6) is 0.0960. The summed E-state index contributed by atoms with van der Waals surface area (Å²) in [5, 5.41) is 5.97. The van der Waals surface area contributed by atoms with Gasteiger partial charge in [0.1, 0.15) is 0 Å². The molecule has 0 radical (unpaired) electrons. The number of anilines is 1. The zero-order chi connectivity index (χ0) is 17.5. The van der Waals surface area contributed by atoms with Gasteiger partial charge in [0.05, 0.1) is 16.7 Å². The standard InChI is InChI=1S/C18H25ClN2O3/c1-12(2)11-20-18(23)15-7-5-13(10-16(15)19)21-17(22)8-6-14-4-3-9-24-14/h5,7,10,12,14H,3-4,6,8-9,11H2,1-2H3,(H,20,23)(H,21,22). The fraction of sp³-hybridized carbons (Fsp3) is 0.556. The lowest BCUT2D eigenvalue weighted by atomic mass is 10.1. The molecule has 24 heavy (non-hydrogen) atoms. The van der Waals surface area contributed by atoms with Gasteiger partial charge in [0.2, 0.25) is 5.91 Å². The van der Waals surface area contributed by atoms with Gasteiger partial charge in [-0.3, -0.25) is 9.59 Å². The number of ether oxygens (including phenoxy) is 1. The third-order valence-corrected chi connectivity index (χ3v) is 4.20. The van der Waals surface area contributed by atoms with Gasteiger partial charge in [-0.1, -0.05) is 25.4 Å². The lowest BCUT2D eigenvalue weighted by Gasteiger charge is -2.11. The van der Waals surface area contributed by atoms with E-state index in [1.54, 1.807) is 18.2 Å². The average molecular weight is 353 g/mol. The van der Waals surface area contributed by atoms with Crippen molar-refractivity contribution in [1.29, 1.82) is 0 Å². The number of amides is 2. The van der Waals surface area contributed by atoms with Crippen LogP contribution in [0, 0.1) is 5.92 Å². The molecular weight excluding hydrogens is 328 g/mol. The van der Waals surface area contributed by atoms with E-state index in [1.165, 1.54) is 0 Å². The fourth-order valence-electron chi connectivity index (χ4n) is 2.56. The van der Waals surface area contributed by atoms with Crippen molar-refractivity contribution in [3.8, 4) is 0 Å². The molecule has 0 aliphatic carbocycles. The molecule has 0 aromatic heterocycles. The summed E-state index contributed by atoms with van der Waals surface area (Å²) in [6, 6.07) is 4.93. The van der Waals surface area contributed by atoms with Gasteiger partial charge in [-0.2, -0.15) is 0 Å². The highest BCUT2D eigenvalue weighted by atomic mass is 35.5.